The lowest BCUT2D eigenvalue weighted by atomic mass is 9.90. The fourth-order valence-electron chi connectivity index (χ4n) is 9.99. The van der Waals surface area contributed by atoms with Crippen molar-refractivity contribution in [1.82, 2.24) is 9.97 Å². The first kappa shape index (κ1) is 38.5. The summed E-state index contributed by atoms with van der Waals surface area (Å²) < 4.78 is 6.95. The minimum Gasteiger partial charge on any atom is -0.455 e. The van der Waals surface area contributed by atoms with Crippen LogP contribution >= 0.6 is 0 Å². The van der Waals surface area contributed by atoms with Crippen LogP contribution in [0.5, 0.6) is 0 Å². The number of hydrogen-bond donors (Lipinski definition) is 0. The third-order valence-corrected chi connectivity index (χ3v) is 13.3. The van der Waals surface area contributed by atoms with Crippen molar-refractivity contribution in [1.29, 1.82) is 0 Å². The number of aromatic nitrogens is 2. The Kier molecular flexibility index (Phi) is 9.17. The maximum Gasteiger partial charge on any atom is 0.143 e. The Morgan fingerprint density at radius 1 is 0.269 bits per heavy atom. The van der Waals surface area contributed by atoms with Crippen LogP contribution in [0.15, 0.2) is 247 Å². The summed E-state index contributed by atoms with van der Waals surface area (Å²) in [5, 5.41) is 6.76. The zero-order valence-electron chi connectivity index (χ0n) is 36.4. The van der Waals surface area contributed by atoms with E-state index in [0.29, 0.717) is 0 Å². The minimum atomic E-state index is 0.841. The second-order valence-electron chi connectivity index (χ2n) is 17.3. The van der Waals surface area contributed by atoms with Crippen molar-refractivity contribution in [3.05, 3.63) is 243 Å². The highest BCUT2D eigenvalue weighted by Crippen LogP contribution is 2.44. The van der Waals surface area contributed by atoms with E-state index in [1.807, 2.05) is 6.20 Å². The van der Waals surface area contributed by atoms with Crippen molar-refractivity contribution in [2.75, 3.05) is 0 Å². The van der Waals surface area contributed by atoms with Crippen molar-refractivity contribution in [3.63, 3.8) is 0 Å². The lowest BCUT2D eigenvalue weighted by Crippen LogP contribution is -1.92. The SMILES string of the molecule is c1ccc(-c2cccc(-c3ccc4oc5c(-c6ccccc6-c6ccc(-c7cnc8c9ccccc9c9ccccc9c8n7)cc6)cc(-c6cccc(-c7ccccc7)c6)cc5c4c3)c2)cc1. The molecule has 0 N–H and O–H groups in total. The Hall–Kier alpha value is -8.92. The molecule has 2 heterocycles. The Balaban J connectivity index is 0.950. The molecule has 3 heteroatoms. The third-order valence-electron chi connectivity index (χ3n) is 13.3. The Morgan fingerprint density at radius 2 is 0.746 bits per heavy atom. The molecule has 0 aliphatic rings. The smallest absolute Gasteiger partial charge is 0.143 e. The van der Waals surface area contributed by atoms with E-state index in [1.54, 1.807) is 0 Å². The molecule has 0 aliphatic carbocycles. The first-order valence-electron chi connectivity index (χ1n) is 22.8. The van der Waals surface area contributed by atoms with Gasteiger partial charge in [0.1, 0.15) is 11.2 Å². The van der Waals surface area contributed by atoms with Crippen LogP contribution < -0.4 is 0 Å². The summed E-state index contributed by atoms with van der Waals surface area (Å²) >= 11 is 0. The van der Waals surface area contributed by atoms with E-state index in [4.69, 9.17) is 14.4 Å². The molecular formula is C64H40N2O. The van der Waals surface area contributed by atoms with Crippen molar-refractivity contribution >= 4 is 54.5 Å². The van der Waals surface area contributed by atoms with Crippen LogP contribution in [-0.4, -0.2) is 9.97 Å². The van der Waals surface area contributed by atoms with Crippen molar-refractivity contribution < 1.29 is 4.42 Å². The average molecular weight is 853 g/mol. The third kappa shape index (κ3) is 6.76. The molecule has 0 fully saturated rings. The first-order valence-corrected chi connectivity index (χ1v) is 22.8. The summed E-state index contributed by atoms with van der Waals surface area (Å²) in [6.45, 7) is 0. The van der Waals surface area contributed by atoms with E-state index in [0.717, 1.165) is 99.5 Å². The first-order chi connectivity index (χ1) is 33.2. The second-order valence-corrected chi connectivity index (χ2v) is 17.3. The van der Waals surface area contributed by atoms with Crippen LogP contribution in [0.1, 0.15) is 0 Å². The van der Waals surface area contributed by atoms with Gasteiger partial charge >= 0.3 is 0 Å². The van der Waals surface area contributed by atoms with Gasteiger partial charge in [-0.1, -0.05) is 200 Å². The fourth-order valence-corrected chi connectivity index (χ4v) is 9.99. The van der Waals surface area contributed by atoms with Gasteiger partial charge < -0.3 is 4.42 Å². The maximum atomic E-state index is 6.95. The van der Waals surface area contributed by atoms with Crippen molar-refractivity contribution in [2.24, 2.45) is 0 Å². The van der Waals surface area contributed by atoms with E-state index >= 15 is 0 Å². The van der Waals surface area contributed by atoms with Crippen LogP contribution in [0.3, 0.4) is 0 Å². The van der Waals surface area contributed by atoms with Gasteiger partial charge in [0.15, 0.2) is 0 Å². The van der Waals surface area contributed by atoms with E-state index in [2.05, 4.69) is 237 Å². The second kappa shape index (κ2) is 16.0. The normalized spacial score (nSPS) is 11.6. The predicted octanol–water partition coefficient (Wildman–Crippen LogP) is 17.5. The van der Waals surface area contributed by atoms with Gasteiger partial charge in [-0.25, -0.2) is 4.98 Å². The molecule has 0 spiro atoms. The van der Waals surface area contributed by atoms with E-state index in [-0.39, 0.29) is 0 Å². The van der Waals surface area contributed by atoms with E-state index in [9.17, 15) is 0 Å². The molecule has 0 radical (unpaired) electrons. The summed E-state index contributed by atoms with van der Waals surface area (Å²) in [4.78, 5) is 10.3. The number of hydrogen-bond acceptors (Lipinski definition) is 3. The van der Waals surface area contributed by atoms with Gasteiger partial charge in [-0.05, 0) is 108 Å². The molecule has 0 unspecified atom stereocenters. The lowest BCUT2D eigenvalue weighted by Gasteiger charge is -2.14. The summed E-state index contributed by atoms with van der Waals surface area (Å²) in [5.74, 6) is 0. The summed E-state index contributed by atoms with van der Waals surface area (Å²) in [6, 6.07) is 84.5. The number of benzene rings is 11. The largest absolute Gasteiger partial charge is 0.455 e. The highest BCUT2D eigenvalue weighted by Gasteiger charge is 2.20. The fraction of sp³-hybridized carbons (Fsp3) is 0. The molecule has 11 aromatic carbocycles. The Bertz CT molecular complexity index is 3990. The number of furan rings is 1. The van der Waals surface area contributed by atoms with E-state index in [1.165, 1.54) is 33.0 Å². The van der Waals surface area contributed by atoms with Gasteiger partial charge in [-0.2, -0.15) is 0 Å². The van der Waals surface area contributed by atoms with Gasteiger partial charge in [0.25, 0.3) is 0 Å². The van der Waals surface area contributed by atoms with Crippen LogP contribution in [-0.2, 0) is 0 Å². The molecule has 3 nitrogen and oxygen atoms in total. The molecule has 0 amide bonds. The number of fused-ring (bicyclic) bond motifs is 9. The average Bonchev–Trinajstić information content (AvgIpc) is 3.79. The van der Waals surface area contributed by atoms with Gasteiger partial charge in [0.05, 0.1) is 22.9 Å². The van der Waals surface area contributed by atoms with Crippen molar-refractivity contribution in [2.45, 2.75) is 0 Å². The number of nitrogens with zero attached hydrogens (tertiary/aromatic N) is 2. The lowest BCUT2D eigenvalue weighted by molar-refractivity contribution is 0.670. The molecule has 13 rings (SSSR count). The molecule has 0 atom stereocenters. The molecule has 0 saturated carbocycles. The van der Waals surface area contributed by atoms with Gasteiger partial charge in [0.2, 0.25) is 0 Å². The highest BCUT2D eigenvalue weighted by molar-refractivity contribution is 6.23. The number of rotatable bonds is 7. The molecule has 0 bridgehead atoms. The van der Waals surface area contributed by atoms with Gasteiger partial charge in [-0.15, -0.1) is 0 Å². The molecule has 0 saturated heterocycles. The molecule has 67 heavy (non-hydrogen) atoms. The summed E-state index contributed by atoms with van der Waals surface area (Å²) in [6.07, 6.45) is 1.91. The van der Waals surface area contributed by atoms with E-state index < -0.39 is 0 Å². The van der Waals surface area contributed by atoms with Crippen LogP contribution in [0, 0.1) is 0 Å². The molecule has 13 aromatic rings. The standard InChI is InChI=1S/C64H40N2O/c1-3-15-41(16-4-1)45-19-13-21-47(35-45)49-33-34-61-57(37-49)59-39-50(48-22-14-20-46(36-48)42-17-5-2-6-18-42)38-58(64(59)67-61)52-24-8-7-23-51(52)43-29-31-44(32-30-43)60-40-65-62-55-27-11-9-25-53(55)54-26-10-12-28-56(54)63(62)66-60/h1-40H. The summed E-state index contributed by atoms with van der Waals surface area (Å²) in [7, 11) is 0. The molecular weight excluding hydrogens is 813 g/mol. The molecule has 2 aromatic heterocycles. The van der Waals surface area contributed by atoms with Crippen LogP contribution in [0.25, 0.3) is 133 Å². The van der Waals surface area contributed by atoms with Crippen molar-refractivity contribution in [3.8, 4) is 78.0 Å². The monoisotopic (exact) mass is 852 g/mol. The zero-order chi connectivity index (χ0) is 44.3. The van der Waals surface area contributed by atoms with Gasteiger partial charge in [-0.3, -0.25) is 4.98 Å². The quantitative estimate of drug-likeness (QED) is 0.150. The topological polar surface area (TPSA) is 38.9 Å². The van der Waals surface area contributed by atoms with Crippen LogP contribution in [0.2, 0.25) is 0 Å². The predicted molar refractivity (Wildman–Crippen MR) is 280 cm³/mol. The maximum absolute atomic E-state index is 6.95. The zero-order valence-corrected chi connectivity index (χ0v) is 36.4. The molecule has 0 aliphatic heterocycles. The summed E-state index contributed by atoms with van der Waals surface area (Å²) in [5.41, 5.74) is 19.1. The molecule has 312 valence electrons. The highest BCUT2D eigenvalue weighted by atomic mass is 16.3. The minimum absolute atomic E-state index is 0.841. The Morgan fingerprint density at radius 3 is 1.40 bits per heavy atom. The van der Waals surface area contributed by atoms with Crippen LogP contribution in [0.4, 0.5) is 0 Å². The Labute approximate surface area is 387 Å². The van der Waals surface area contributed by atoms with Gasteiger partial charge in [0, 0.05) is 32.7 Å².